The van der Waals surface area contributed by atoms with Gasteiger partial charge in [-0.2, -0.15) is 0 Å². The van der Waals surface area contributed by atoms with Crippen molar-refractivity contribution in [2.45, 2.75) is 75.9 Å². The van der Waals surface area contributed by atoms with Gasteiger partial charge in [-0.3, -0.25) is 14.7 Å². The molecule has 1 aliphatic rings. The van der Waals surface area contributed by atoms with Crippen molar-refractivity contribution >= 4 is 35.8 Å². The average Bonchev–Trinajstić information content (AvgIpc) is 2.87. The molecule has 0 spiro atoms. The molecule has 240 valence electrons. The van der Waals surface area contributed by atoms with Gasteiger partial charge in [-0.05, 0) is 57.8 Å². The first-order chi connectivity index (χ1) is 19.8. The van der Waals surface area contributed by atoms with Gasteiger partial charge in [0.15, 0.2) is 0 Å². The van der Waals surface area contributed by atoms with Crippen molar-refractivity contribution in [3.63, 3.8) is 0 Å². The van der Waals surface area contributed by atoms with Crippen LogP contribution >= 0.6 is 0 Å². The molecule has 0 unspecified atom stereocenters. The normalized spacial score (nSPS) is 18.6. The van der Waals surface area contributed by atoms with Gasteiger partial charge >= 0.3 is 0 Å². The zero-order chi connectivity index (χ0) is 31.7. The number of carbonyl (C=O) groups is 6. The van der Waals surface area contributed by atoms with Gasteiger partial charge in [0.25, 0.3) is 0 Å². The van der Waals surface area contributed by atoms with E-state index in [1.54, 1.807) is 0 Å². The zero-order valence-electron chi connectivity index (χ0n) is 23.5. The third-order valence-corrected chi connectivity index (χ3v) is 7.21. The van der Waals surface area contributed by atoms with E-state index in [0.717, 1.165) is 0 Å². The lowest BCUT2D eigenvalue weighted by molar-refractivity contribution is -0.315. The Morgan fingerprint density at radius 3 is 0.976 bits per heavy atom. The number of carbonyl (C=O) groups excluding carboxylic acids is 6. The maximum absolute atomic E-state index is 12.1. The molecule has 0 radical (unpaired) electrons. The third kappa shape index (κ3) is 14.5. The maximum atomic E-state index is 12.1. The first-order valence-corrected chi connectivity index (χ1v) is 14.0. The van der Waals surface area contributed by atoms with Gasteiger partial charge in [-0.15, -0.1) is 0 Å². The summed E-state index contributed by atoms with van der Waals surface area (Å²) in [5, 5.41) is 71.7. The van der Waals surface area contributed by atoms with E-state index in [0.29, 0.717) is 0 Å². The molecule has 16 nitrogen and oxygen atoms in total. The van der Waals surface area contributed by atoms with Crippen LogP contribution in [-0.2, 0) is 28.8 Å². The second kappa shape index (κ2) is 19.7. The second-order valence-electron chi connectivity index (χ2n) is 10.2. The topological polar surface area (TPSA) is 263 Å². The SMILES string of the molecule is O=C([O-])CCC[C@H](C(=O)[O-])N1CCNCCN([C@H](CCCC(=O)[O-])C(=O)[O-])CCN([C@@H](CCCC(=O)[O-])C(=O)[O-])CC1. The molecule has 3 atom stereocenters. The van der Waals surface area contributed by atoms with Crippen LogP contribution in [0.2, 0.25) is 0 Å². The number of rotatable bonds is 18. The van der Waals surface area contributed by atoms with Crippen LogP contribution in [0.3, 0.4) is 0 Å². The van der Waals surface area contributed by atoms with Gasteiger partial charge in [-0.1, -0.05) is 0 Å². The number of hydrogen-bond donors (Lipinski definition) is 1. The van der Waals surface area contributed by atoms with Crippen LogP contribution < -0.4 is 36.0 Å². The van der Waals surface area contributed by atoms with Crippen molar-refractivity contribution in [3.05, 3.63) is 0 Å². The molecule has 1 heterocycles. The zero-order valence-corrected chi connectivity index (χ0v) is 23.5. The van der Waals surface area contributed by atoms with Gasteiger partial charge < -0.3 is 64.7 Å². The van der Waals surface area contributed by atoms with E-state index >= 15 is 0 Å². The fourth-order valence-electron chi connectivity index (χ4n) is 5.02. The largest absolute Gasteiger partial charge is 0.550 e. The highest BCUT2D eigenvalue weighted by molar-refractivity contribution is 5.72. The van der Waals surface area contributed by atoms with E-state index in [1.165, 1.54) is 14.7 Å². The highest BCUT2D eigenvalue weighted by Gasteiger charge is 2.27. The van der Waals surface area contributed by atoms with Crippen molar-refractivity contribution in [1.82, 2.24) is 20.0 Å². The molecule has 1 fully saturated rings. The number of nitrogens with one attached hydrogen (secondary N) is 1. The van der Waals surface area contributed by atoms with E-state index in [1.807, 2.05) is 0 Å². The molecule has 0 saturated carbocycles. The number of hydrogen-bond acceptors (Lipinski definition) is 16. The van der Waals surface area contributed by atoms with Crippen LogP contribution in [0.4, 0.5) is 0 Å². The number of carboxylic acids is 6. The lowest BCUT2D eigenvalue weighted by Gasteiger charge is -2.40. The molecule has 0 aromatic carbocycles. The molecule has 16 heteroatoms. The summed E-state index contributed by atoms with van der Waals surface area (Å²) in [5.74, 6) is -8.40. The Morgan fingerprint density at radius 2 is 0.738 bits per heavy atom. The summed E-state index contributed by atoms with van der Waals surface area (Å²) in [5.41, 5.74) is 0. The highest BCUT2D eigenvalue weighted by atomic mass is 16.4. The summed E-state index contributed by atoms with van der Waals surface area (Å²) in [6.07, 6.45) is -1.39. The van der Waals surface area contributed by atoms with Gasteiger partial charge in [0.05, 0.1) is 17.9 Å². The lowest BCUT2D eigenvalue weighted by atomic mass is 10.1. The molecule has 1 N–H and O–H groups in total. The Kier molecular flexibility index (Phi) is 17.2. The molecule has 42 heavy (non-hydrogen) atoms. The van der Waals surface area contributed by atoms with Gasteiger partial charge in [0.1, 0.15) is 0 Å². The van der Waals surface area contributed by atoms with E-state index < -0.39 is 60.4 Å². The predicted molar refractivity (Wildman–Crippen MR) is 131 cm³/mol. The van der Waals surface area contributed by atoms with Crippen molar-refractivity contribution in [3.8, 4) is 0 Å². The minimum Gasteiger partial charge on any atom is -0.550 e. The predicted octanol–water partition coefficient (Wildman–Crippen LogP) is -8.39. The Labute approximate surface area is 243 Å². The smallest absolute Gasteiger partial charge is 0.0586 e. The fraction of sp³-hybridized carbons (Fsp3) is 0.769. The minimum atomic E-state index is -1.50. The van der Waals surface area contributed by atoms with Crippen LogP contribution in [0.25, 0.3) is 0 Å². The Bertz CT molecular complexity index is 866. The van der Waals surface area contributed by atoms with Crippen LogP contribution in [0.1, 0.15) is 57.8 Å². The Balaban J connectivity index is 3.24. The molecule has 1 rings (SSSR count). The quantitative estimate of drug-likeness (QED) is 0.153. The van der Waals surface area contributed by atoms with E-state index in [-0.39, 0.29) is 104 Å². The molecule has 0 amide bonds. The monoisotopic (exact) mass is 598 g/mol. The van der Waals surface area contributed by atoms with Gasteiger partial charge in [0.2, 0.25) is 0 Å². The van der Waals surface area contributed by atoms with Gasteiger partial charge in [-0.25, -0.2) is 0 Å². The van der Waals surface area contributed by atoms with E-state index in [2.05, 4.69) is 5.32 Å². The van der Waals surface area contributed by atoms with Crippen LogP contribution in [0.15, 0.2) is 0 Å². The summed E-state index contributed by atoms with van der Waals surface area (Å²) in [4.78, 5) is 73.1. The van der Waals surface area contributed by atoms with E-state index in [9.17, 15) is 59.4 Å². The molecule has 0 aromatic heterocycles. The first-order valence-electron chi connectivity index (χ1n) is 14.0. The van der Waals surface area contributed by atoms with Crippen LogP contribution in [0, 0.1) is 0 Å². The highest BCUT2D eigenvalue weighted by Crippen LogP contribution is 2.15. The average molecular weight is 599 g/mol. The van der Waals surface area contributed by atoms with Crippen molar-refractivity contribution < 1.29 is 59.4 Å². The summed E-state index contributed by atoms with van der Waals surface area (Å²) >= 11 is 0. The van der Waals surface area contributed by atoms with Crippen molar-refractivity contribution in [1.29, 1.82) is 0 Å². The molecule has 0 bridgehead atoms. The Morgan fingerprint density at radius 1 is 0.476 bits per heavy atom. The molecular formula is C26H38N4O12-6. The third-order valence-electron chi connectivity index (χ3n) is 7.21. The molecule has 1 saturated heterocycles. The summed E-state index contributed by atoms with van der Waals surface area (Å²) in [6, 6.07) is -3.66. The van der Waals surface area contributed by atoms with Crippen molar-refractivity contribution in [2.24, 2.45) is 0 Å². The number of nitrogens with zero attached hydrogens (tertiary/aromatic N) is 3. The number of carboxylic acid groups (broad SMARTS) is 6. The fourth-order valence-corrected chi connectivity index (χ4v) is 5.02. The molecular weight excluding hydrogens is 560 g/mol. The van der Waals surface area contributed by atoms with Crippen LogP contribution in [-0.4, -0.2) is 121 Å². The summed E-state index contributed by atoms with van der Waals surface area (Å²) in [7, 11) is 0. The molecule has 0 aliphatic carbocycles. The minimum absolute atomic E-state index is 0.00540. The first kappa shape index (κ1) is 36.7. The standard InChI is InChI=1S/C26H44N4O12/c31-21(32)7-1-4-18(24(37)38)28-12-10-27-11-13-29(19(25(39)40)5-2-8-22(33)34)15-17-30(16-14-28)20(26(41)42)6-3-9-23(35)36/h18-20,27H,1-17H2,(H,31,32)(H,33,34)(H,35,36)(H,37,38)(H,39,40)(H,41,42)/p-6/t18-,19-,20+/m1/s1. The summed E-state index contributed by atoms with van der Waals surface area (Å²) < 4.78 is 0. The van der Waals surface area contributed by atoms with E-state index in [4.69, 9.17) is 0 Å². The molecule has 1 aliphatic heterocycles. The second-order valence-corrected chi connectivity index (χ2v) is 10.2. The Hall–Kier alpha value is -3.34. The van der Waals surface area contributed by atoms with Gasteiger partial charge in [0, 0.05) is 88.4 Å². The number of aliphatic carboxylic acids is 6. The maximum Gasteiger partial charge on any atom is 0.0586 e. The lowest BCUT2D eigenvalue weighted by Crippen LogP contribution is -2.57. The summed E-state index contributed by atoms with van der Waals surface area (Å²) in [6.45, 7) is 0.715. The molecule has 0 aromatic rings. The van der Waals surface area contributed by atoms with Crippen LogP contribution in [0.5, 0.6) is 0 Å². The van der Waals surface area contributed by atoms with Crippen molar-refractivity contribution in [2.75, 3.05) is 52.4 Å².